The number of carbonyl (C=O) groups is 1. The second-order valence-electron chi connectivity index (χ2n) is 5.07. The van der Waals surface area contributed by atoms with Gasteiger partial charge in [0.1, 0.15) is 0 Å². The summed E-state index contributed by atoms with van der Waals surface area (Å²) in [4.78, 5) is 17.5. The molecule has 23 heavy (non-hydrogen) atoms. The highest BCUT2D eigenvalue weighted by Gasteiger charge is 2.05. The van der Waals surface area contributed by atoms with Crippen LogP contribution in [-0.4, -0.2) is 44.7 Å². The van der Waals surface area contributed by atoms with Crippen molar-refractivity contribution in [2.75, 3.05) is 33.1 Å². The number of aliphatic imine (C=N–C) groups is 1. The summed E-state index contributed by atoms with van der Waals surface area (Å²) in [7, 11) is 5.13. The predicted octanol–water partition coefficient (Wildman–Crippen LogP) is 2.84. The third kappa shape index (κ3) is 6.86. The van der Waals surface area contributed by atoms with Gasteiger partial charge < -0.3 is 15.0 Å². The van der Waals surface area contributed by atoms with E-state index in [0.29, 0.717) is 12.2 Å². The molecule has 0 saturated heterocycles. The van der Waals surface area contributed by atoms with E-state index in [1.165, 1.54) is 7.11 Å². The lowest BCUT2D eigenvalue weighted by atomic mass is 10.2. The number of hydrogen-bond acceptors (Lipinski definition) is 3. The number of nitrogens with zero attached hydrogens (tertiary/aromatic N) is 2. The molecule has 0 spiro atoms. The van der Waals surface area contributed by atoms with Crippen LogP contribution in [0.3, 0.4) is 0 Å². The monoisotopic (exact) mass is 318 g/mol. The molecule has 6 nitrogen and oxygen atoms in total. The van der Waals surface area contributed by atoms with Crippen molar-refractivity contribution >= 4 is 17.7 Å². The van der Waals surface area contributed by atoms with E-state index in [1.807, 2.05) is 37.4 Å². The van der Waals surface area contributed by atoms with Gasteiger partial charge in [-0.05, 0) is 30.5 Å². The number of ether oxygens (including phenoxy) is 1. The van der Waals surface area contributed by atoms with Gasteiger partial charge in [-0.25, -0.2) is 4.79 Å². The van der Waals surface area contributed by atoms with Crippen LogP contribution in [0.15, 0.2) is 41.9 Å². The summed E-state index contributed by atoms with van der Waals surface area (Å²) in [5.74, 6) is 0.853. The molecule has 0 aliphatic rings. The molecule has 0 saturated carbocycles. The normalized spacial score (nSPS) is 10.8. The molecule has 0 radical (unpaired) electrons. The highest BCUT2D eigenvalue weighted by atomic mass is 16.5. The van der Waals surface area contributed by atoms with Crippen molar-refractivity contribution in [1.29, 1.82) is 0 Å². The minimum Gasteiger partial charge on any atom is -0.453 e. The number of nitrogens with one attached hydrogen (secondary N) is 2. The largest absolute Gasteiger partial charge is 0.453 e. The van der Waals surface area contributed by atoms with E-state index in [0.717, 1.165) is 30.9 Å². The molecule has 6 heteroatoms. The van der Waals surface area contributed by atoms with Crippen LogP contribution in [0.4, 0.5) is 10.5 Å². The van der Waals surface area contributed by atoms with Gasteiger partial charge in [0.05, 0.1) is 7.11 Å². The number of methoxy groups -OCH3 is 1. The number of amides is 1. The first-order chi connectivity index (χ1) is 11.1. The van der Waals surface area contributed by atoms with Crippen LogP contribution < -0.4 is 10.6 Å². The molecule has 0 bridgehead atoms. The lowest BCUT2D eigenvalue weighted by Gasteiger charge is -2.22. The Kier molecular flexibility index (Phi) is 8.28. The third-order valence-electron chi connectivity index (χ3n) is 3.31. The van der Waals surface area contributed by atoms with E-state index >= 15 is 0 Å². The summed E-state index contributed by atoms with van der Waals surface area (Å²) in [6, 6.07) is 7.57. The second kappa shape index (κ2) is 10.3. The summed E-state index contributed by atoms with van der Waals surface area (Å²) in [6.07, 6.45) is 3.50. The van der Waals surface area contributed by atoms with Crippen molar-refractivity contribution in [2.45, 2.75) is 19.4 Å². The van der Waals surface area contributed by atoms with E-state index in [2.05, 4.69) is 31.8 Å². The average Bonchev–Trinajstić information content (AvgIpc) is 2.57. The Labute approximate surface area is 138 Å². The number of carbonyl (C=O) groups excluding carboxylic acids is 1. The van der Waals surface area contributed by atoms with Gasteiger partial charge in [-0.1, -0.05) is 18.2 Å². The Morgan fingerprint density at radius 1 is 1.39 bits per heavy atom. The summed E-state index contributed by atoms with van der Waals surface area (Å²) >= 11 is 0. The van der Waals surface area contributed by atoms with Crippen LogP contribution in [-0.2, 0) is 11.3 Å². The fourth-order valence-corrected chi connectivity index (χ4v) is 2.02. The molecular formula is C17H26N4O2. The minimum atomic E-state index is -0.475. The first-order valence-corrected chi connectivity index (χ1v) is 7.57. The number of anilines is 1. The molecule has 1 aromatic rings. The molecule has 1 rings (SSSR count). The smallest absolute Gasteiger partial charge is 0.411 e. The Morgan fingerprint density at radius 3 is 2.65 bits per heavy atom. The highest BCUT2D eigenvalue weighted by molar-refractivity contribution is 5.84. The maximum atomic E-state index is 11.1. The zero-order valence-corrected chi connectivity index (χ0v) is 14.1. The van der Waals surface area contributed by atoms with Crippen LogP contribution in [0.5, 0.6) is 0 Å². The fraction of sp³-hybridized carbons (Fsp3) is 0.412. The maximum Gasteiger partial charge on any atom is 0.411 e. The van der Waals surface area contributed by atoms with Gasteiger partial charge in [-0.2, -0.15) is 0 Å². The zero-order chi connectivity index (χ0) is 17.1. The number of benzene rings is 1. The van der Waals surface area contributed by atoms with E-state index in [1.54, 1.807) is 7.05 Å². The third-order valence-corrected chi connectivity index (χ3v) is 3.31. The molecule has 0 aromatic heterocycles. The molecule has 0 atom stereocenters. The number of rotatable bonds is 7. The fourth-order valence-electron chi connectivity index (χ4n) is 2.02. The van der Waals surface area contributed by atoms with Crippen LogP contribution in [0.1, 0.15) is 18.4 Å². The quantitative estimate of drug-likeness (QED) is 0.351. The lowest BCUT2D eigenvalue weighted by Crippen LogP contribution is -2.38. The number of hydrogen-bond donors (Lipinski definition) is 2. The molecule has 1 amide bonds. The van der Waals surface area contributed by atoms with Gasteiger partial charge in [-0.3, -0.25) is 10.3 Å². The van der Waals surface area contributed by atoms with Crippen LogP contribution >= 0.6 is 0 Å². The van der Waals surface area contributed by atoms with Gasteiger partial charge in [0.2, 0.25) is 0 Å². The predicted molar refractivity (Wildman–Crippen MR) is 94.7 cm³/mol. The van der Waals surface area contributed by atoms with E-state index in [-0.39, 0.29) is 0 Å². The number of unbranched alkanes of at least 4 members (excludes halogenated alkanes) is 1. The Bertz CT molecular complexity index is 526. The SMILES string of the molecule is C=CCCCN(C)C(=NC)NCc1ccc(NC(=O)OC)cc1. The molecule has 0 unspecified atom stereocenters. The van der Waals surface area contributed by atoms with Gasteiger partial charge in [0.25, 0.3) is 0 Å². The second-order valence-corrected chi connectivity index (χ2v) is 5.07. The van der Waals surface area contributed by atoms with E-state index in [9.17, 15) is 4.79 Å². The van der Waals surface area contributed by atoms with Crippen molar-refractivity contribution in [3.05, 3.63) is 42.5 Å². The molecule has 2 N–H and O–H groups in total. The van der Waals surface area contributed by atoms with Gasteiger partial charge >= 0.3 is 6.09 Å². The molecule has 0 aliphatic heterocycles. The lowest BCUT2D eigenvalue weighted by molar-refractivity contribution is 0.187. The topological polar surface area (TPSA) is 66.0 Å². The molecule has 0 heterocycles. The van der Waals surface area contributed by atoms with Gasteiger partial charge in [0, 0.05) is 32.9 Å². The van der Waals surface area contributed by atoms with Crippen LogP contribution in [0.2, 0.25) is 0 Å². The molecule has 1 aromatic carbocycles. The van der Waals surface area contributed by atoms with Crippen LogP contribution in [0, 0.1) is 0 Å². The van der Waals surface area contributed by atoms with Crippen LogP contribution in [0.25, 0.3) is 0 Å². The maximum absolute atomic E-state index is 11.1. The summed E-state index contributed by atoms with van der Waals surface area (Å²) in [6.45, 7) is 5.32. The van der Waals surface area contributed by atoms with Gasteiger partial charge in [-0.15, -0.1) is 6.58 Å². The summed E-state index contributed by atoms with van der Waals surface area (Å²) in [5, 5.41) is 5.94. The average molecular weight is 318 g/mol. The minimum absolute atomic E-state index is 0.475. The molecule has 0 fully saturated rings. The van der Waals surface area contributed by atoms with Crippen molar-refractivity contribution in [3.63, 3.8) is 0 Å². The Morgan fingerprint density at radius 2 is 2.09 bits per heavy atom. The van der Waals surface area contributed by atoms with Crippen molar-refractivity contribution in [1.82, 2.24) is 10.2 Å². The first-order valence-electron chi connectivity index (χ1n) is 7.57. The van der Waals surface area contributed by atoms with Crippen molar-refractivity contribution in [3.8, 4) is 0 Å². The highest BCUT2D eigenvalue weighted by Crippen LogP contribution is 2.09. The number of allylic oxidation sites excluding steroid dienone is 1. The standard InChI is InChI=1S/C17H26N4O2/c1-5-6-7-12-21(3)16(18-2)19-13-14-8-10-15(11-9-14)20-17(22)23-4/h5,8-11H,1,6-7,12-13H2,2-4H3,(H,18,19)(H,20,22). The molecule has 126 valence electrons. The van der Waals surface area contributed by atoms with E-state index < -0.39 is 6.09 Å². The molecular weight excluding hydrogens is 292 g/mol. The Hall–Kier alpha value is -2.50. The number of guanidine groups is 1. The molecule has 0 aliphatic carbocycles. The first kappa shape index (κ1) is 18.5. The Balaban J connectivity index is 2.49. The van der Waals surface area contributed by atoms with Crippen molar-refractivity contribution < 1.29 is 9.53 Å². The zero-order valence-electron chi connectivity index (χ0n) is 14.1. The summed E-state index contributed by atoms with van der Waals surface area (Å²) < 4.78 is 4.55. The van der Waals surface area contributed by atoms with Crippen molar-refractivity contribution in [2.24, 2.45) is 4.99 Å². The summed E-state index contributed by atoms with van der Waals surface area (Å²) in [5.41, 5.74) is 1.80. The van der Waals surface area contributed by atoms with Gasteiger partial charge in [0.15, 0.2) is 5.96 Å². The van der Waals surface area contributed by atoms with E-state index in [4.69, 9.17) is 0 Å².